The van der Waals surface area contributed by atoms with Crippen LogP contribution in [-0.4, -0.2) is 7.05 Å². The number of halogens is 2. The molecule has 0 aromatic heterocycles. The molecule has 0 bridgehead atoms. The highest BCUT2D eigenvalue weighted by molar-refractivity contribution is 6.30. The first-order chi connectivity index (χ1) is 10.0. The molecule has 0 amide bonds. The molecule has 0 aliphatic rings. The molecule has 0 aliphatic heterocycles. The molecule has 21 heavy (non-hydrogen) atoms. The zero-order chi connectivity index (χ0) is 15.4. The first-order valence-corrected chi connectivity index (χ1v) is 7.23. The fraction of sp³-hybridized carbons (Fsp3) is 0.294. The number of benzene rings is 2. The van der Waals surface area contributed by atoms with E-state index in [9.17, 15) is 4.39 Å². The monoisotopic (exact) mass is 307 g/mol. The van der Waals surface area contributed by atoms with Crippen LogP contribution in [0.2, 0.25) is 5.02 Å². The van der Waals surface area contributed by atoms with E-state index in [1.807, 2.05) is 38.2 Å². The van der Waals surface area contributed by atoms with Crippen LogP contribution in [0.15, 0.2) is 36.4 Å². The lowest BCUT2D eigenvalue weighted by atomic mass is 10.0. The van der Waals surface area contributed by atoms with Gasteiger partial charge in [0, 0.05) is 16.6 Å². The molecule has 1 atom stereocenters. The van der Waals surface area contributed by atoms with Gasteiger partial charge in [-0.05, 0) is 56.3 Å². The zero-order valence-electron chi connectivity index (χ0n) is 12.4. The Bertz CT molecular complexity index is 630. The highest BCUT2D eigenvalue weighted by atomic mass is 35.5. The topological polar surface area (TPSA) is 21.3 Å². The smallest absolute Gasteiger partial charge is 0.126 e. The molecule has 2 aromatic carbocycles. The summed E-state index contributed by atoms with van der Waals surface area (Å²) in [6, 6.07) is 10.8. The van der Waals surface area contributed by atoms with Crippen LogP contribution in [0, 0.1) is 12.7 Å². The fourth-order valence-electron chi connectivity index (χ4n) is 2.08. The molecule has 2 nitrogen and oxygen atoms in total. The van der Waals surface area contributed by atoms with E-state index in [4.69, 9.17) is 16.3 Å². The second-order valence-electron chi connectivity index (χ2n) is 5.07. The van der Waals surface area contributed by atoms with Gasteiger partial charge in [-0.1, -0.05) is 23.7 Å². The van der Waals surface area contributed by atoms with Crippen molar-refractivity contribution >= 4 is 11.6 Å². The minimum atomic E-state index is -0.220. The van der Waals surface area contributed by atoms with Crippen molar-refractivity contribution < 1.29 is 9.13 Å². The van der Waals surface area contributed by atoms with Gasteiger partial charge in [0.1, 0.15) is 18.2 Å². The normalized spacial score (nSPS) is 12.2. The Morgan fingerprint density at radius 2 is 2.05 bits per heavy atom. The Labute approximate surface area is 129 Å². The van der Waals surface area contributed by atoms with Crippen molar-refractivity contribution in [1.29, 1.82) is 0 Å². The summed E-state index contributed by atoms with van der Waals surface area (Å²) in [6.45, 7) is 4.10. The van der Waals surface area contributed by atoms with Crippen LogP contribution in [-0.2, 0) is 6.61 Å². The minimum absolute atomic E-state index is 0.00876. The van der Waals surface area contributed by atoms with Crippen LogP contribution in [0.1, 0.15) is 29.7 Å². The summed E-state index contributed by atoms with van der Waals surface area (Å²) in [7, 11) is 1.84. The molecule has 0 aliphatic carbocycles. The average Bonchev–Trinajstić information content (AvgIpc) is 2.47. The molecule has 1 N–H and O–H groups in total. The Kier molecular flexibility index (Phi) is 5.21. The third kappa shape index (κ3) is 3.96. The summed E-state index contributed by atoms with van der Waals surface area (Å²) in [5, 5.41) is 3.78. The summed E-state index contributed by atoms with van der Waals surface area (Å²) in [6.07, 6.45) is 0. The molecule has 0 fully saturated rings. The summed E-state index contributed by atoms with van der Waals surface area (Å²) >= 11 is 5.96. The number of hydrogen-bond acceptors (Lipinski definition) is 2. The Balaban J connectivity index is 2.24. The Morgan fingerprint density at radius 1 is 1.29 bits per heavy atom. The van der Waals surface area contributed by atoms with Gasteiger partial charge in [-0.15, -0.1) is 0 Å². The largest absolute Gasteiger partial charge is 0.489 e. The molecule has 112 valence electrons. The van der Waals surface area contributed by atoms with E-state index in [1.54, 1.807) is 13.0 Å². The number of ether oxygens (including phenoxy) is 1. The molecular weight excluding hydrogens is 289 g/mol. The number of hydrogen-bond donors (Lipinski definition) is 1. The standard InChI is InChI=1S/C17H19ClFNO/c1-11-7-17(15(9-16(11)19)12(2)20-3)21-10-13-5-4-6-14(18)8-13/h4-9,12,20H,10H2,1-3H3. The van der Waals surface area contributed by atoms with Gasteiger partial charge in [-0.3, -0.25) is 0 Å². The maximum atomic E-state index is 13.8. The van der Waals surface area contributed by atoms with Gasteiger partial charge in [0.2, 0.25) is 0 Å². The van der Waals surface area contributed by atoms with Crippen LogP contribution in [0.5, 0.6) is 5.75 Å². The molecule has 1 unspecified atom stereocenters. The summed E-state index contributed by atoms with van der Waals surface area (Å²) < 4.78 is 19.6. The fourth-order valence-corrected chi connectivity index (χ4v) is 2.29. The van der Waals surface area contributed by atoms with Gasteiger partial charge < -0.3 is 10.1 Å². The summed E-state index contributed by atoms with van der Waals surface area (Å²) in [4.78, 5) is 0. The van der Waals surface area contributed by atoms with Gasteiger partial charge in [-0.25, -0.2) is 4.39 Å². The van der Waals surface area contributed by atoms with Crippen LogP contribution in [0.4, 0.5) is 4.39 Å². The predicted octanol–water partition coefficient (Wildman–Crippen LogP) is 4.65. The molecule has 0 spiro atoms. The number of aryl methyl sites for hydroxylation is 1. The number of rotatable bonds is 5. The summed E-state index contributed by atoms with van der Waals surface area (Å²) in [5.74, 6) is 0.470. The summed E-state index contributed by atoms with van der Waals surface area (Å²) in [5.41, 5.74) is 2.36. The van der Waals surface area contributed by atoms with Crippen LogP contribution in [0.3, 0.4) is 0 Å². The van der Waals surface area contributed by atoms with E-state index in [-0.39, 0.29) is 11.9 Å². The van der Waals surface area contributed by atoms with Crippen LogP contribution in [0.25, 0.3) is 0 Å². The van der Waals surface area contributed by atoms with Crippen molar-refractivity contribution in [2.45, 2.75) is 26.5 Å². The van der Waals surface area contributed by atoms with Crippen molar-refractivity contribution in [1.82, 2.24) is 5.32 Å². The molecular formula is C17H19ClFNO. The van der Waals surface area contributed by atoms with Gasteiger partial charge in [0.05, 0.1) is 0 Å². The van der Waals surface area contributed by atoms with E-state index >= 15 is 0 Å². The maximum Gasteiger partial charge on any atom is 0.126 e. The first-order valence-electron chi connectivity index (χ1n) is 6.86. The second kappa shape index (κ2) is 6.92. The van der Waals surface area contributed by atoms with Crippen molar-refractivity contribution in [3.05, 3.63) is 63.9 Å². The van der Waals surface area contributed by atoms with E-state index in [2.05, 4.69) is 5.32 Å². The van der Waals surface area contributed by atoms with E-state index < -0.39 is 0 Å². The van der Waals surface area contributed by atoms with E-state index in [0.717, 1.165) is 11.1 Å². The lowest BCUT2D eigenvalue weighted by Crippen LogP contribution is -2.14. The quantitative estimate of drug-likeness (QED) is 0.868. The minimum Gasteiger partial charge on any atom is -0.489 e. The first kappa shape index (κ1) is 15.8. The van der Waals surface area contributed by atoms with Crippen molar-refractivity contribution in [3.63, 3.8) is 0 Å². The predicted molar refractivity (Wildman–Crippen MR) is 84.4 cm³/mol. The lowest BCUT2D eigenvalue weighted by Gasteiger charge is -2.18. The highest BCUT2D eigenvalue weighted by Crippen LogP contribution is 2.29. The van der Waals surface area contributed by atoms with Gasteiger partial charge in [0.15, 0.2) is 0 Å². The Morgan fingerprint density at radius 3 is 2.71 bits per heavy atom. The lowest BCUT2D eigenvalue weighted by molar-refractivity contribution is 0.299. The molecule has 2 aromatic rings. The molecule has 4 heteroatoms. The third-order valence-corrected chi connectivity index (χ3v) is 3.71. The second-order valence-corrected chi connectivity index (χ2v) is 5.50. The Hall–Kier alpha value is -1.58. The van der Waals surface area contributed by atoms with Gasteiger partial charge in [-0.2, -0.15) is 0 Å². The molecule has 0 heterocycles. The maximum absolute atomic E-state index is 13.8. The van der Waals surface area contributed by atoms with Crippen LogP contribution >= 0.6 is 11.6 Å². The van der Waals surface area contributed by atoms with E-state index in [1.165, 1.54) is 6.07 Å². The van der Waals surface area contributed by atoms with Crippen molar-refractivity contribution in [3.8, 4) is 5.75 Å². The average molecular weight is 308 g/mol. The van der Waals surface area contributed by atoms with Crippen molar-refractivity contribution in [2.24, 2.45) is 0 Å². The van der Waals surface area contributed by atoms with Crippen molar-refractivity contribution in [2.75, 3.05) is 7.05 Å². The molecule has 0 radical (unpaired) electrons. The van der Waals surface area contributed by atoms with Gasteiger partial charge in [0.25, 0.3) is 0 Å². The van der Waals surface area contributed by atoms with Crippen LogP contribution < -0.4 is 10.1 Å². The van der Waals surface area contributed by atoms with E-state index in [0.29, 0.717) is 22.9 Å². The third-order valence-electron chi connectivity index (χ3n) is 3.47. The molecule has 2 rings (SSSR count). The number of nitrogens with one attached hydrogen (secondary N) is 1. The zero-order valence-corrected chi connectivity index (χ0v) is 13.2. The van der Waals surface area contributed by atoms with Gasteiger partial charge >= 0.3 is 0 Å². The SMILES string of the molecule is CNC(C)c1cc(F)c(C)cc1OCc1cccc(Cl)c1. The highest BCUT2D eigenvalue weighted by Gasteiger charge is 2.14. The molecule has 0 saturated carbocycles. The molecule has 0 saturated heterocycles.